The molecule has 0 aliphatic heterocycles. The average molecular weight is 249 g/mol. The number of hydrogen-bond donors (Lipinski definition) is 0. The standard InChI is InChI=1S/C15H23NO2/c1-4-16(14-10-7-6-9-13(14)3)15(17)11-8-12-18-5-2/h6-7,9-10H,4-5,8,11-12H2,1-3H3. The highest BCUT2D eigenvalue weighted by Crippen LogP contribution is 2.20. The third-order valence-electron chi connectivity index (χ3n) is 2.91. The van der Waals surface area contributed by atoms with Gasteiger partial charge in [-0.2, -0.15) is 0 Å². The van der Waals surface area contributed by atoms with Gasteiger partial charge in [0.25, 0.3) is 0 Å². The second-order valence-corrected chi connectivity index (χ2v) is 4.22. The van der Waals surface area contributed by atoms with E-state index >= 15 is 0 Å². The van der Waals surface area contributed by atoms with Crippen LogP contribution in [-0.2, 0) is 9.53 Å². The third-order valence-corrected chi connectivity index (χ3v) is 2.91. The van der Waals surface area contributed by atoms with Crippen molar-refractivity contribution in [2.45, 2.75) is 33.6 Å². The van der Waals surface area contributed by atoms with E-state index in [0.717, 1.165) is 17.7 Å². The SMILES string of the molecule is CCOCCCC(=O)N(CC)c1ccccc1C. The van der Waals surface area contributed by atoms with Crippen LogP contribution in [0.3, 0.4) is 0 Å². The number of nitrogens with zero attached hydrogens (tertiary/aromatic N) is 1. The van der Waals surface area contributed by atoms with Crippen molar-refractivity contribution in [2.24, 2.45) is 0 Å². The fourth-order valence-electron chi connectivity index (χ4n) is 1.95. The van der Waals surface area contributed by atoms with Gasteiger partial charge in [0.15, 0.2) is 0 Å². The molecule has 1 rings (SSSR count). The van der Waals surface area contributed by atoms with Crippen molar-refractivity contribution in [3.8, 4) is 0 Å². The number of hydrogen-bond acceptors (Lipinski definition) is 2. The summed E-state index contributed by atoms with van der Waals surface area (Å²) in [5.41, 5.74) is 2.15. The molecule has 0 atom stereocenters. The maximum Gasteiger partial charge on any atom is 0.227 e. The molecule has 0 radical (unpaired) electrons. The highest BCUT2D eigenvalue weighted by atomic mass is 16.5. The fraction of sp³-hybridized carbons (Fsp3) is 0.533. The summed E-state index contributed by atoms with van der Waals surface area (Å²) >= 11 is 0. The highest BCUT2D eigenvalue weighted by Gasteiger charge is 2.14. The number of rotatable bonds is 7. The Bertz CT molecular complexity index is 377. The van der Waals surface area contributed by atoms with E-state index in [9.17, 15) is 4.79 Å². The van der Waals surface area contributed by atoms with Crippen molar-refractivity contribution in [1.82, 2.24) is 0 Å². The maximum absolute atomic E-state index is 12.2. The molecular weight excluding hydrogens is 226 g/mol. The van der Waals surface area contributed by atoms with E-state index < -0.39 is 0 Å². The molecule has 18 heavy (non-hydrogen) atoms. The number of carbonyl (C=O) groups excluding carboxylic acids is 1. The molecule has 0 bridgehead atoms. The van der Waals surface area contributed by atoms with Crippen LogP contribution in [0.25, 0.3) is 0 Å². The van der Waals surface area contributed by atoms with Crippen LogP contribution in [0, 0.1) is 6.92 Å². The Labute approximate surface area is 110 Å². The van der Waals surface area contributed by atoms with E-state index in [0.29, 0.717) is 26.2 Å². The van der Waals surface area contributed by atoms with E-state index in [-0.39, 0.29) is 5.91 Å². The lowest BCUT2D eigenvalue weighted by molar-refractivity contribution is -0.118. The summed E-state index contributed by atoms with van der Waals surface area (Å²) in [5.74, 6) is 0.173. The first kappa shape index (κ1) is 14.7. The first-order valence-corrected chi connectivity index (χ1v) is 6.64. The largest absolute Gasteiger partial charge is 0.382 e. The summed E-state index contributed by atoms with van der Waals surface area (Å²) in [5, 5.41) is 0. The molecule has 0 aliphatic carbocycles. The zero-order chi connectivity index (χ0) is 13.4. The number of amides is 1. The van der Waals surface area contributed by atoms with Crippen LogP contribution in [0.15, 0.2) is 24.3 Å². The van der Waals surface area contributed by atoms with Crippen LogP contribution >= 0.6 is 0 Å². The molecule has 1 aromatic rings. The lowest BCUT2D eigenvalue weighted by Gasteiger charge is -2.23. The Morgan fingerprint density at radius 2 is 2.00 bits per heavy atom. The molecule has 1 amide bonds. The smallest absolute Gasteiger partial charge is 0.227 e. The zero-order valence-electron chi connectivity index (χ0n) is 11.6. The first-order chi connectivity index (χ1) is 8.70. The lowest BCUT2D eigenvalue weighted by Crippen LogP contribution is -2.31. The molecule has 0 saturated heterocycles. The Balaban J connectivity index is 2.60. The number of aryl methyl sites for hydroxylation is 1. The van der Waals surface area contributed by atoms with E-state index in [1.807, 2.05) is 49.9 Å². The minimum atomic E-state index is 0.173. The number of para-hydroxylation sites is 1. The number of anilines is 1. The van der Waals surface area contributed by atoms with E-state index in [1.165, 1.54) is 0 Å². The lowest BCUT2D eigenvalue weighted by atomic mass is 10.1. The fourth-order valence-corrected chi connectivity index (χ4v) is 1.95. The van der Waals surface area contributed by atoms with Crippen LogP contribution < -0.4 is 4.90 Å². The molecule has 1 aromatic carbocycles. The number of ether oxygens (including phenoxy) is 1. The van der Waals surface area contributed by atoms with Gasteiger partial charge in [-0.05, 0) is 38.8 Å². The van der Waals surface area contributed by atoms with E-state index in [4.69, 9.17) is 4.74 Å². The summed E-state index contributed by atoms with van der Waals surface area (Å²) in [6.45, 7) is 8.08. The van der Waals surface area contributed by atoms with Crippen LogP contribution in [0.4, 0.5) is 5.69 Å². The van der Waals surface area contributed by atoms with Crippen molar-refractivity contribution >= 4 is 11.6 Å². The van der Waals surface area contributed by atoms with Crippen molar-refractivity contribution in [3.63, 3.8) is 0 Å². The topological polar surface area (TPSA) is 29.5 Å². The van der Waals surface area contributed by atoms with Gasteiger partial charge < -0.3 is 9.64 Å². The summed E-state index contributed by atoms with van der Waals surface area (Å²) < 4.78 is 5.26. The Kier molecular flexibility index (Phi) is 6.44. The van der Waals surface area contributed by atoms with Crippen molar-refractivity contribution in [2.75, 3.05) is 24.7 Å². The minimum Gasteiger partial charge on any atom is -0.382 e. The highest BCUT2D eigenvalue weighted by molar-refractivity contribution is 5.93. The van der Waals surface area contributed by atoms with E-state index in [1.54, 1.807) is 0 Å². The molecule has 0 saturated carbocycles. The Hall–Kier alpha value is -1.35. The summed E-state index contributed by atoms with van der Waals surface area (Å²) in [7, 11) is 0. The van der Waals surface area contributed by atoms with Crippen LogP contribution in [0.5, 0.6) is 0 Å². The van der Waals surface area contributed by atoms with Gasteiger partial charge in [0.2, 0.25) is 5.91 Å². The second kappa shape index (κ2) is 7.88. The summed E-state index contributed by atoms with van der Waals surface area (Å²) in [6, 6.07) is 8.00. The van der Waals surface area contributed by atoms with Gasteiger partial charge in [-0.15, -0.1) is 0 Å². The second-order valence-electron chi connectivity index (χ2n) is 4.22. The molecule has 0 aliphatic rings. The molecular formula is C15H23NO2. The molecule has 100 valence electrons. The molecule has 3 nitrogen and oxygen atoms in total. The molecule has 0 heterocycles. The first-order valence-electron chi connectivity index (χ1n) is 6.64. The molecule has 0 aromatic heterocycles. The number of carbonyl (C=O) groups is 1. The van der Waals surface area contributed by atoms with Crippen molar-refractivity contribution in [1.29, 1.82) is 0 Å². The zero-order valence-corrected chi connectivity index (χ0v) is 11.6. The van der Waals surface area contributed by atoms with Gasteiger partial charge in [-0.3, -0.25) is 4.79 Å². The maximum atomic E-state index is 12.2. The molecule has 0 fully saturated rings. The van der Waals surface area contributed by atoms with E-state index in [2.05, 4.69) is 0 Å². The minimum absolute atomic E-state index is 0.173. The molecule has 0 unspecified atom stereocenters. The van der Waals surface area contributed by atoms with Gasteiger partial charge in [-0.1, -0.05) is 18.2 Å². The van der Waals surface area contributed by atoms with Gasteiger partial charge in [0.1, 0.15) is 0 Å². The predicted octanol–water partition coefficient (Wildman–Crippen LogP) is 3.16. The Morgan fingerprint density at radius 1 is 1.28 bits per heavy atom. The summed E-state index contributed by atoms with van der Waals surface area (Å²) in [6.07, 6.45) is 1.33. The van der Waals surface area contributed by atoms with Gasteiger partial charge in [0.05, 0.1) is 0 Å². The third kappa shape index (κ3) is 4.15. The Morgan fingerprint density at radius 3 is 2.61 bits per heavy atom. The van der Waals surface area contributed by atoms with Crippen molar-refractivity contribution in [3.05, 3.63) is 29.8 Å². The van der Waals surface area contributed by atoms with Gasteiger partial charge in [-0.25, -0.2) is 0 Å². The van der Waals surface area contributed by atoms with Crippen LogP contribution in [0.2, 0.25) is 0 Å². The predicted molar refractivity (Wildman–Crippen MR) is 74.9 cm³/mol. The molecule has 0 spiro atoms. The normalized spacial score (nSPS) is 10.4. The summed E-state index contributed by atoms with van der Waals surface area (Å²) in [4.78, 5) is 14.0. The monoisotopic (exact) mass is 249 g/mol. The van der Waals surface area contributed by atoms with Crippen molar-refractivity contribution < 1.29 is 9.53 Å². The molecule has 3 heteroatoms. The van der Waals surface area contributed by atoms with Gasteiger partial charge in [0, 0.05) is 31.9 Å². The average Bonchev–Trinajstić information content (AvgIpc) is 2.38. The van der Waals surface area contributed by atoms with Crippen LogP contribution in [0.1, 0.15) is 32.3 Å². The molecule has 0 N–H and O–H groups in total. The quantitative estimate of drug-likeness (QED) is 0.695. The van der Waals surface area contributed by atoms with Gasteiger partial charge >= 0.3 is 0 Å². The number of benzene rings is 1. The van der Waals surface area contributed by atoms with Crippen LogP contribution in [-0.4, -0.2) is 25.7 Å².